The second kappa shape index (κ2) is 12.1. The van der Waals surface area contributed by atoms with Gasteiger partial charge in [0, 0.05) is 32.4 Å². The molecule has 11 nitrogen and oxygen atoms in total. The lowest BCUT2D eigenvalue weighted by molar-refractivity contribution is -0.138. The summed E-state index contributed by atoms with van der Waals surface area (Å²) in [6.45, 7) is 1.40. The van der Waals surface area contributed by atoms with Crippen LogP contribution in [0.3, 0.4) is 0 Å². The first-order valence-corrected chi connectivity index (χ1v) is 12.3. The van der Waals surface area contributed by atoms with Gasteiger partial charge in [-0.2, -0.15) is 13.2 Å². The Hall–Kier alpha value is -4.88. The zero-order valence-corrected chi connectivity index (χ0v) is 21.9. The van der Waals surface area contributed by atoms with E-state index in [0.29, 0.717) is 5.56 Å². The van der Waals surface area contributed by atoms with Gasteiger partial charge in [0.15, 0.2) is 5.75 Å². The maximum absolute atomic E-state index is 13.5. The van der Waals surface area contributed by atoms with E-state index < -0.39 is 29.3 Å². The molecule has 0 radical (unpaired) electrons. The molecule has 1 fully saturated rings. The number of benzene rings is 2. The molecule has 0 spiro atoms. The van der Waals surface area contributed by atoms with E-state index in [1.807, 2.05) is 0 Å². The van der Waals surface area contributed by atoms with E-state index in [1.54, 1.807) is 12.1 Å². The van der Waals surface area contributed by atoms with Gasteiger partial charge in [0.05, 0.1) is 19.5 Å². The van der Waals surface area contributed by atoms with E-state index in [-0.39, 0.29) is 54.3 Å². The van der Waals surface area contributed by atoms with Crippen molar-refractivity contribution in [3.63, 3.8) is 0 Å². The number of ether oxygens (including phenoxy) is 3. The van der Waals surface area contributed by atoms with Crippen molar-refractivity contribution in [2.75, 3.05) is 7.11 Å². The lowest BCUT2D eigenvalue weighted by atomic mass is 9.71. The van der Waals surface area contributed by atoms with Gasteiger partial charge >= 0.3 is 12.3 Å². The number of nitrogens with zero attached hydrogens (tertiary/aromatic N) is 2. The standard InChI is InChI=1S/C27H26F3N5O6/c1-16(36)34-18-10-26(11-18,35-25(38)41-21-13-31-15-32-14-21)24(37)33-12-17-3-5-19(6-4-17)40-23-8-7-20(39-2)9-22(23)27(28,29)30/h3-9,13-15,18H,10-12H2,1-2H3,(H,33,37)(H,34,36)(H,35,38). The van der Waals surface area contributed by atoms with Crippen molar-refractivity contribution in [2.45, 2.75) is 44.1 Å². The molecule has 0 saturated heterocycles. The Kier molecular flexibility index (Phi) is 8.59. The highest BCUT2D eigenvalue weighted by Gasteiger charge is 2.52. The van der Waals surface area contributed by atoms with E-state index in [1.165, 1.54) is 57.0 Å². The zero-order chi connectivity index (χ0) is 29.6. The maximum Gasteiger partial charge on any atom is 0.420 e. The molecule has 41 heavy (non-hydrogen) atoms. The normalized spacial score (nSPS) is 17.9. The van der Waals surface area contributed by atoms with Gasteiger partial charge in [-0.05, 0) is 35.9 Å². The largest absolute Gasteiger partial charge is 0.497 e. The Morgan fingerprint density at radius 2 is 1.66 bits per heavy atom. The summed E-state index contributed by atoms with van der Waals surface area (Å²) in [5.41, 5.74) is -1.71. The molecule has 0 aliphatic heterocycles. The number of aromatic nitrogens is 2. The number of rotatable bonds is 9. The molecule has 4 rings (SSSR count). The zero-order valence-electron chi connectivity index (χ0n) is 21.9. The predicted molar refractivity (Wildman–Crippen MR) is 137 cm³/mol. The molecule has 0 unspecified atom stereocenters. The van der Waals surface area contributed by atoms with Gasteiger partial charge in [-0.1, -0.05) is 12.1 Å². The van der Waals surface area contributed by atoms with Crippen molar-refractivity contribution >= 4 is 17.9 Å². The number of hydrogen-bond donors (Lipinski definition) is 3. The van der Waals surface area contributed by atoms with Gasteiger partial charge in [-0.25, -0.2) is 14.8 Å². The smallest absolute Gasteiger partial charge is 0.420 e. The van der Waals surface area contributed by atoms with Gasteiger partial charge in [-0.3, -0.25) is 9.59 Å². The van der Waals surface area contributed by atoms with Crippen molar-refractivity contribution < 1.29 is 41.8 Å². The third kappa shape index (κ3) is 7.41. The molecule has 1 aliphatic rings. The van der Waals surface area contributed by atoms with Crippen LogP contribution < -0.4 is 30.2 Å². The number of carbonyl (C=O) groups is 3. The third-order valence-electron chi connectivity index (χ3n) is 6.22. The molecule has 216 valence electrons. The van der Waals surface area contributed by atoms with Gasteiger partial charge in [-0.15, -0.1) is 0 Å². The quantitative estimate of drug-likeness (QED) is 0.352. The van der Waals surface area contributed by atoms with Crippen LogP contribution in [-0.4, -0.2) is 46.6 Å². The van der Waals surface area contributed by atoms with Crippen LogP contribution in [0, 0.1) is 0 Å². The molecule has 0 atom stereocenters. The summed E-state index contributed by atoms with van der Waals surface area (Å²) in [6.07, 6.45) is -1.45. The minimum absolute atomic E-state index is 0.0419. The number of alkyl halides is 3. The van der Waals surface area contributed by atoms with E-state index >= 15 is 0 Å². The number of nitrogens with one attached hydrogen (secondary N) is 3. The Morgan fingerprint density at radius 1 is 1.00 bits per heavy atom. The fourth-order valence-corrected chi connectivity index (χ4v) is 4.28. The average Bonchev–Trinajstić information content (AvgIpc) is 2.91. The van der Waals surface area contributed by atoms with Crippen LogP contribution in [-0.2, 0) is 22.3 Å². The summed E-state index contributed by atoms with van der Waals surface area (Å²) in [5, 5.41) is 8.03. The fourth-order valence-electron chi connectivity index (χ4n) is 4.28. The summed E-state index contributed by atoms with van der Waals surface area (Å²) < 4.78 is 55.9. The average molecular weight is 574 g/mol. The summed E-state index contributed by atoms with van der Waals surface area (Å²) in [5.74, 6) is -0.891. The number of hydrogen-bond acceptors (Lipinski definition) is 8. The van der Waals surface area contributed by atoms with E-state index in [9.17, 15) is 27.6 Å². The minimum Gasteiger partial charge on any atom is -0.497 e. The first-order chi connectivity index (χ1) is 19.5. The highest BCUT2D eigenvalue weighted by Crippen LogP contribution is 2.40. The second-order valence-electron chi connectivity index (χ2n) is 9.27. The Labute approximate surface area is 232 Å². The highest BCUT2D eigenvalue weighted by molar-refractivity contribution is 5.92. The van der Waals surface area contributed by atoms with Crippen LogP contribution in [0.4, 0.5) is 18.0 Å². The second-order valence-corrected chi connectivity index (χ2v) is 9.27. The van der Waals surface area contributed by atoms with E-state index in [0.717, 1.165) is 6.07 Å². The van der Waals surface area contributed by atoms with Gasteiger partial charge in [0.2, 0.25) is 11.8 Å². The summed E-state index contributed by atoms with van der Waals surface area (Å²) in [4.78, 5) is 44.6. The predicted octanol–water partition coefficient (Wildman–Crippen LogP) is 3.74. The molecule has 1 saturated carbocycles. The Bertz CT molecular complexity index is 1400. The van der Waals surface area contributed by atoms with Crippen LogP contribution in [0.15, 0.2) is 61.2 Å². The van der Waals surface area contributed by atoms with Crippen molar-refractivity contribution in [3.8, 4) is 23.0 Å². The number of amides is 3. The molecule has 14 heteroatoms. The first kappa shape index (κ1) is 29.1. The SMILES string of the molecule is COc1ccc(Oc2ccc(CNC(=O)C3(NC(=O)Oc4cncnc4)CC(NC(C)=O)C3)cc2)c(C(F)(F)F)c1. The van der Waals surface area contributed by atoms with Gasteiger partial charge in [0.25, 0.3) is 0 Å². The molecule has 1 aliphatic carbocycles. The van der Waals surface area contributed by atoms with Crippen LogP contribution in [0.5, 0.6) is 23.0 Å². The van der Waals surface area contributed by atoms with E-state index in [4.69, 9.17) is 14.2 Å². The number of methoxy groups -OCH3 is 1. The molecule has 1 heterocycles. The molecular formula is C27H26F3N5O6. The topological polar surface area (TPSA) is 141 Å². The van der Waals surface area contributed by atoms with E-state index in [2.05, 4.69) is 25.9 Å². The molecular weight excluding hydrogens is 547 g/mol. The fraction of sp³-hybridized carbons (Fsp3) is 0.296. The van der Waals surface area contributed by atoms with Crippen molar-refractivity contribution in [3.05, 3.63) is 72.3 Å². The van der Waals surface area contributed by atoms with Gasteiger partial charge < -0.3 is 30.2 Å². The highest BCUT2D eigenvalue weighted by atomic mass is 19.4. The lowest BCUT2D eigenvalue weighted by Gasteiger charge is -2.46. The molecule has 3 N–H and O–H groups in total. The molecule has 0 bridgehead atoms. The Balaban J connectivity index is 1.39. The lowest BCUT2D eigenvalue weighted by Crippen LogP contribution is -2.70. The summed E-state index contributed by atoms with van der Waals surface area (Å²) in [6, 6.07) is 9.15. The minimum atomic E-state index is -4.65. The van der Waals surface area contributed by atoms with Crippen molar-refractivity contribution in [2.24, 2.45) is 0 Å². The third-order valence-corrected chi connectivity index (χ3v) is 6.22. The van der Waals surface area contributed by atoms with Crippen LogP contribution >= 0.6 is 0 Å². The van der Waals surface area contributed by atoms with Crippen molar-refractivity contribution in [1.82, 2.24) is 25.9 Å². The molecule has 2 aromatic carbocycles. The number of halogens is 3. The van der Waals surface area contributed by atoms with Gasteiger partial charge in [0.1, 0.15) is 34.7 Å². The number of carbonyl (C=O) groups excluding carboxylic acids is 3. The molecule has 3 aromatic rings. The summed E-state index contributed by atoms with van der Waals surface area (Å²) in [7, 11) is 1.27. The molecule has 1 aromatic heterocycles. The van der Waals surface area contributed by atoms with Crippen LogP contribution in [0.2, 0.25) is 0 Å². The van der Waals surface area contributed by atoms with Crippen LogP contribution in [0.25, 0.3) is 0 Å². The molecule has 3 amide bonds. The van der Waals surface area contributed by atoms with Crippen LogP contribution in [0.1, 0.15) is 30.9 Å². The maximum atomic E-state index is 13.5. The van der Waals surface area contributed by atoms with Crippen molar-refractivity contribution in [1.29, 1.82) is 0 Å². The first-order valence-electron chi connectivity index (χ1n) is 12.3. The summed E-state index contributed by atoms with van der Waals surface area (Å²) >= 11 is 0. The Morgan fingerprint density at radius 3 is 2.27 bits per heavy atom. The monoisotopic (exact) mass is 573 g/mol.